The lowest BCUT2D eigenvalue weighted by Gasteiger charge is -2.00. The number of carbonyl (C=O) groups excluding carboxylic acids is 1. The third kappa shape index (κ3) is 2.79. The van der Waals surface area contributed by atoms with Gasteiger partial charge in [0.2, 0.25) is 0 Å². The van der Waals surface area contributed by atoms with Crippen LogP contribution >= 0.6 is 15.9 Å². The van der Waals surface area contributed by atoms with Crippen LogP contribution in [0.2, 0.25) is 0 Å². The molecule has 1 aromatic heterocycles. The summed E-state index contributed by atoms with van der Waals surface area (Å²) in [6.45, 7) is 0. The first-order valence-corrected chi connectivity index (χ1v) is 5.80. The van der Waals surface area contributed by atoms with E-state index < -0.39 is 0 Å². The number of hydrogen-bond donors (Lipinski definition) is 0. The van der Waals surface area contributed by atoms with E-state index in [-0.39, 0.29) is 18.0 Å². The van der Waals surface area contributed by atoms with Gasteiger partial charge in [-0.25, -0.2) is 9.37 Å². The second-order valence-electron chi connectivity index (χ2n) is 3.77. The molecule has 0 saturated carbocycles. The van der Waals surface area contributed by atoms with Crippen molar-refractivity contribution in [3.05, 3.63) is 52.3 Å². The quantitative estimate of drug-likeness (QED) is 0.817. The van der Waals surface area contributed by atoms with Crippen LogP contribution in [-0.2, 0) is 13.5 Å². The molecule has 0 unspecified atom stereocenters. The van der Waals surface area contributed by atoms with Gasteiger partial charge in [-0.15, -0.1) is 0 Å². The maximum atomic E-state index is 13.0. The number of benzene rings is 1. The molecule has 0 atom stereocenters. The van der Waals surface area contributed by atoms with E-state index in [1.54, 1.807) is 36.3 Å². The Morgan fingerprint density at radius 2 is 2.29 bits per heavy atom. The van der Waals surface area contributed by atoms with Crippen LogP contribution in [0.15, 0.2) is 35.2 Å². The molecular weight excluding hydrogens is 287 g/mol. The van der Waals surface area contributed by atoms with E-state index in [4.69, 9.17) is 0 Å². The molecule has 1 heterocycles. The minimum atomic E-state index is -0.334. The van der Waals surface area contributed by atoms with E-state index in [0.29, 0.717) is 10.2 Å². The number of aryl methyl sites for hydroxylation is 1. The third-order valence-electron chi connectivity index (χ3n) is 2.34. The van der Waals surface area contributed by atoms with Crippen molar-refractivity contribution in [3.63, 3.8) is 0 Å². The normalized spacial score (nSPS) is 10.5. The van der Waals surface area contributed by atoms with Crippen molar-refractivity contribution < 1.29 is 9.18 Å². The van der Waals surface area contributed by atoms with Crippen LogP contribution in [0, 0.1) is 5.82 Å². The number of rotatable bonds is 3. The highest BCUT2D eigenvalue weighted by Gasteiger charge is 2.10. The fourth-order valence-electron chi connectivity index (χ4n) is 1.48. The van der Waals surface area contributed by atoms with Crippen LogP contribution in [-0.4, -0.2) is 15.3 Å². The van der Waals surface area contributed by atoms with Gasteiger partial charge in [-0.1, -0.05) is 6.07 Å². The van der Waals surface area contributed by atoms with Gasteiger partial charge >= 0.3 is 0 Å². The van der Waals surface area contributed by atoms with Gasteiger partial charge in [-0.05, 0) is 33.6 Å². The first-order chi connectivity index (χ1) is 8.06. The molecular formula is C12H10BrFN2O. The maximum Gasteiger partial charge on any atom is 0.187 e. The van der Waals surface area contributed by atoms with Crippen LogP contribution in [0.25, 0.3) is 0 Å². The average Bonchev–Trinajstić information content (AvgIpc) is 2.70. The Morgan fingerprint density at radius 1 is 1.53 bits per heavy atom. The number of carbonyl (C=O) groups is 1. The predicted molar refractivity (Wildman–Crippen MR) is 65.3 cm³/mol. The van der Waals surface area contributed by atoms with E-state index in [2.05, 4.69) is 20.9 Å². The molecule has 1 aromatic carbocycles. The van der Waals surface area contributed by atoms with Crippen molar-refractivity contribution in [3.8, 4) is 0 Å². The Kier molecular flexibility index (Phi) is 3.38. The SMILES string of the molecule is Cn1cnc(C(=O)Cc2ccc(F)c(Br)c2)c1. The number of nitrogens with zero attached hydrogens (tertiary/aromatic N) is 2. The molecule has 0 N–H and O–H groups in total. The van der Waals surface area contributed by atoms with Gasteiger partial charge in [-0.3, -0.25) is 4.79 Å². The van der Waals surface area contributed by atoms with Gasteiger partial charge in [0.15, 0.2) is 5.78 Å². The molecule has 2 rings (SSSR count). The molecule has 0 aliphatic heterocycles. The van der Waals surface area contributed by atoms with Crippen molar-refractivity contribution in [1.82, 2.24) is 9.55 Å². The number of aromatic nitrogens is 2. The molecule has 5 heteroatoms. The summed E-state index contributed by atoms with van der Waals surface area (Å²) >= 11 is 3.09. The molecule has 0 saturated heterocycles. The topological polar surface area (TPSA) is 34.9 Å². The van der Waals surface area contributed by atoms with Crippen molar-refractivity contribution in [2.24, 2.45) is 7.05 Å². The maximum absolute atomic E-state index is 13.0. The predicted octanol–water partition coefficient (Wildman–Crippen LogP) is 2.75. The van der Waals surface area contributed by atoms with Crippen LogP contribution < -0.4 is 0 Å². The number of Topliss-reactive ketones (excluding diaryl/α,β-unsaturated/α-hetero) is 1. The molecule has 0 aliphatic rings. The van der Waals surface area contributed by atoms with Gasteiger partial charge in [0.25, 0.3) is 0 Å². The third-order valence-corrected chi connectivity index (χ3v) is 2.95. The monoisotopic (exact) mass is 296 g/mol. The highest BCUT2D eigenvalue weighted by Crippen LogP contribution is 2.17. The summed E-state index contributed by atoms with van der Waals surface area (Å²) in [5, 5.41) is 0. The van der Waals surface area contributed by atoms with Gasteiger partial charge < -0.3 is 4.57 Å². The van der Waals surface area contributed by atoms with Crippen molar-refractivity contribution >= 4 is 21.7 Å². The zero-order chi connectivity index (χ0) is 12.4. The summed E-state index contributed by atoms with van der Waals surface area (Å²) in [6, 6.07) is 4.54. The van der Waals surface area contributed by atoms with Crippen molar-refractivity contribution in [1.29, 1.82) is 0 Å². The zero-order valence-electron chi connectivity index (χ0n) is 9.15. The Labute approximate surface area is 106 Å². The molecule has 0 amide bonds. The number of halogens is 2. The summed E-state index contributed by atoms with van der Waals surface area (Å²) in [4.78, 5) is 15.8. The lowest BCUT2D eigenvalue weighted by Crippen LogP contribution is -2.04. The number of ketones is 1. The highest BCUT2D eigenvalue weighted by molar-refractivity contribution is 9.10. The molecule has 0 radical (unpaired) electrons. The fourth-order valence-corrected chi connectivity index (χ4v) is 1.91. The zero-order valence-corrected chi connectivity index (χ0v) is 10.7. The van der Waals surface area contributed by atoms with Crippen LogP contribution in [0.4, 0.5) is 4.39 Å². The van der Waals surface area contributed by atoms with Crippen LogP contribution in [0.3, 0.4) is 0 Å². The molecule has 2 aromatic rings. The summed E-state index contributed by atoms with van der Waals surface area (Å²) in [6.07, 6.45) is 3.46. The van der Waals surface area contributed by atoms with Gasteiger partial charge in [0.05, 0.1) is 10.8 Å². The Bertz CT molecular complexity index is 565. The Morgan fingerprint density at radius 3 is 2.88 bits per heavy atom. The van der Waals surface area contributed by atoms with E-state index >= 15 is 0 Å². The molecule has 0 fully saturated rings. The second-order valence-corrected chi connectivity index (χ2v) is 4.63. The van der Waals surface area contributed by atoms with E-state index in [9.17, 15) is 9.18 Å². The summed E-state index contributed by atoms with van der Waals surface area (Å²) in [5.74, 6) is -0.414. The summed E-state index contributed by atoms with van der Waals surface area (Å²) in [5.41, 5.74) is 1.18. The average molecular weight is 297 g/mol. The van der Waals surface area contributed by atoms with Crippen molar-refractivity contribution in [2.75, 3.05) is 0 Å². The van der Waals surface area contributed by atoms with E-state index in [0.717, 1.165) is 5.56 Å². The molecule has 88 valence electrons. The Balaban J connectivity index is 2.15. The molecule has 0 bridgehead atoms. The molecule has 0 spiro atoms. The first kappa shape index (κ1) is 12.0. The smallest absolute Gasteiger partial charge is 0.187 e. The fraction of sp³-hybridized carbons (Fsp3) is 0.167. The van der Waals surface area contributed by atoms with Gasteiger partial charge in [0.1, 0.15) is 11.5 Å². The van der Waals surface area contributed by atoms with Gasteiger partial charge in [0, 0.05) is 19.7 Å². The Hall–Kier alpha value is -1.49. The lowest BCUT2D eigenvalue weighted by molar-refractivity contribution is 0.0988. The number of hydrogen-bond acceptors (Lipinski definition) is 2. The number of imidazole rings is 1. The van der Waals surface area contributed by atoms with E-state index in [1.165, 1.54) is 6.07 Å². The van der Waals surface area contributed by atoms with Gasteiger partial charge in [-0.2, -0.15) is 0 Å². The summed E-state index contributed by atoms with van der Waals surface area (Å²) < 4.78 is 15.1. The highest BCUT2D eigenvalue weighted by atomic mass is 79.9. The second kappa shape index (κ2) is 4.79. The molecule has 17 heavy (non-hydrogen) atoms. The molecule has 3 nitrogen and oxygen atoms in total. The summed E-state index contributed by atoms with van der Waals surface area (Å²) in [7, 11) is 1.80. The lowest BCUT2D eigenvalue weighted by atomic mass is 10.1. The standard InChI is InChI=1S/C12H10BrFN2O/c1-16-6-11(15-7-16)12(17)5-8-2-3-10(14)9(13)4-8/h2-4,6-7H,5H2,1H3. The van der Waals surface area contributed by atoms with Crippen LogP contribution in [0.5, 0.6) is 0 Å². The minimum Gasteiger partial charge on any atom is -0.340 e. The largest absolute Gasteiger partial charge is 0.340 e. The van der Waals surface area contributed by atoms with E-state index in [1.807, 2.05) is 0 Å². The first-order valence-electron chi connectivity index (χ1n) is 5.01. The van der Waals surface area contributed by atoms with Crippen molar-refractivity contribution in [2.45, 2.75) is 6.42 Å². The molecule has 0 aliphatic carbocycles. The minimum absolute atomic E-state index is 0.0795. The van der Waals surface area contributed by atoms with Crippen LogP contribution in [0.1, 0.15) is 16.1 Å².